The van der Waals surface area contributed by atoms with E-state index < -0.39 is 0 Å². The van der Waals surface area contributed by atoms with Gasteiger partial charge in [-0.25, -0.2) is 0 Å². The number of benzene rings is 1. The fourth-order valence-electron chi connectivity index (χ4n) is 2.79. The molecule has 0 saturated carbocycles. The van der Waals surface area contributed by atoms with Crippen LogP contribution in [0.3, 0.4) is 0 Å². The molecule has 20 heavy (non-hydrogen) atoms. The predicted octanol–water partition coefficient (Wildman–Crippen LogP) is 2.13. The van der Waals surface area contributed by atoms with E-state index in [1.807, 2.05) is 7.05 Å². The number of halogens is 1. The largest absolute Gasteiger partial charge is 0.370 e. The Kier molecular flexibility index (Phi) is 5.43. The second-order valence-corrected chi connectivity index (χ2v) is 6.12. The Morgan fingerprint density at radius 3 is 2.95 bits per heavy atom. The number of amides is 1. The number of carbonyl (C=O) groups excluding carboxylic acids is 1. The minimum Gasteiger partial charge on any atom is -0.370 e. The van der Waals surface area contributed by atoms with Gasteiger partial charge in [-0.3, -0.25) is 4.79 Å². The predicted molar refractivity (Wildman–Crippen MR) is 85.9 cm³/mol. The molecule has 0 radical (unpaired) electrons. The maximum atomic E-state index is 11.9. The summed E-state index contributed by atoms with van der Waals surface area (Å²) in [6.45, 7) is 2.65. The molecule has 1 aromatic carbocycles. The van der Waals surface area contributed by atoms with Crippen LogP contribution in [0, 0.1) is 5.92 Å². The van der Waals surface area contributed by atoms with Crippen molar-refractivity contribution >= 4 is 27.5 Å². The van der Waals surface area contributed by atoms with Crippen LogP contribution >= 0.6 is 15.9 Å². The third-order valence-electron chi connectivity index (χ3n) is 3.79. The summed E-state index contributed by atoms with van der Waals surface area (Å²) in [4.78, 5) is 14.2. The van der Waals surface area contributed by atoms with Crippen LogP contribution in [0.1, 0.15) is 18.4 Å². The summed E-state index contributed by atoms with van der Waals surface area (Å²) >= 11 is 3.55. The molecule has 2 rings (SSSR count). The number of carbonyl (C=O) groups is 1. The Hall–Kier alpha value is -1.07. The number of piperidine rings is 1. The molecule has 0 aliphatic carbocycles. The monoisotopic (exact) mass is 339 g/mol. The van der Waals surface area contributed by atoms with E-state index in [-0.39, 0.29) is 11.8 Å². The normalized spacial score (nSPS) is 18.9. The first kappa shape index (κ1) is 15.3. The Morgan fingerprint density at radius 1 is 1.45 bits per heavy atom. The molecule has 5 heteroatoms. The Labute approximate surface area is 129 Å². The molecule has 1 aromatic rings. The standard InChI is InChI=1S/C15H22BrN3O/c1-17-9-11-5-6-13(16)8-14(11)19-7-3-4-12(10-19)15(20)18-2/h5-6,8,12,17H,3-4,7,9-10H2,1-2H3,(H,18,20). The van der Waals surface area contributed by atoms with E-state index in [0.29, 0.717) is 0 Å². The SMILES string of the molecule is CNCc1ccc(Br)cc1N1CCCC(C(=O)NC)C1. The van der Waals surface area contributed by atoms with Gasteiger partial charge in [0, 0.05) is 36.8 Å². The molecular weight excluding hydrogens is 318 g/mol. The zero-order valence-corrected chi connectivity index (χ0v) is 13.7. The number of nitrogens with zero attached hydrogens (tertiary/aromatic N) is 1. The Morgan fingerprint density at radius 2 is 2.25 bits per heavy atom. The Bertz CT molecular complexity index is 478. The second-order valence-electron chi connectivity index (χ2n) is 5.20. The van der Waals surface area contributed by atoms with Crippen molar-refractivity contribution < 1.29 is 4.79 Å². The van der Waals surface area contributed by atoms with Gasteiger partial charge in [-0.1, -0.05) is 22.0 Å². The summed E-state index contributed by atoms with van der Waals surface area (Å²) in [6, 6.07) is 6.36. The fraction of sp³-hybridized carbons (Fsp3) is 0.533. The van der Waals surface area contributed by atoms with Gasteiger partial charge in [0.25, 0.3) is 0 Å². The summed E-state index contributed by atoms with van der Waals surface area (Å²) in [7, 11) is 3.67. The lowest BCUT2D eigenvalue weighted by atomic mass is 9.96. The molecule has 1 unspecified atom stereocenters. The number of nitrogens with one attached hydrogen (secondary N) is 2. The van der Waals surface area contributed by atoms with Gasteiger partial charge >= 0.3 is 0 Å². The van der Waals surface area contributed by atoms with E-state index in [0.717, 1.165) is 36.9 Å². The number of anilines is 1. The van der Waals surface area contributed by atoms with Crippen LogP contribution in [0.25, 0.3) is 0 Å². The molecule has 0 aromatic heterocycles. The summed E-state index contributed by atoms with van der Waals surface area (Å²) in [5.41, 5.74) is 2.50. The van der Waals surface area contributed by atoms with E-state index in [4.69, 9.17) is 0 Å². The molecule has 1 heterocycles. The van der Waals surface area contributed by atoms with Crippen molar-refractivity contribution in [2.24, 2.45) is 5.92 Å². The lowest BCUT2D eigenvalue weighted by molar-refractivity contribution is -0.124. The van der Waals surface area contributed by atoms with Gasteiger partial charge in [-0.15, -0.1) is 0 Å². The van der Waals surface area contributed by atoms with Crippen LogP contribution in [0.4, 0.5) is 5.69 Å². The molecular formula is C15H22BrN3O. The highest BCUT2D eigenvalue weighted by Gasteiger charge is 2.26. The highest BCUT2D eigenvalue weighted by molar-refractivity contribution is 9.10. The summed E-state index contributed by atoms with van der Waals surface area (Å²) in [5.74, 6) is 0.245. The molecule has 1 fully saturated rings. The minimum atomic E-state index is 0.0927. The van der Waals surface area contributed by atoms with Crippen molar-refractivity contribution in [1.82, 2.24) is 10.6 Å². The average molecular weight is 340 g/mol. The van der Waals surface area contributed by atoms with Crippen molar-refractivity contribution in [3.8, 4) is 0 Å². The third-order valence-corrected chi connectivity index (χ3v) is 4.29. The van der Waals surface area contributed by atoms with Gasteiger partial charge in [0.1, 0.15) is 0 Å². The van der Waals surface area contributed by atoms with Crippen molar-refractivity contribution in [2.45, 2.75) is 19.4 Å². The van der Waals surface area contributed by atoms with Crippen LogP contribution in [0.15, 0.2) is 22.7 Å². The first-order chi connectivity index (χ1) is 9.65. The highest BCUT2D eigenvalue weighted by Crippen LogP contribution is 2.29. The minimum absolute atomic E-state index is 0.0927. The van der Waals surface area contributed by atoms with Crippen molar-refractivity contribution in [3.63, 3.8) is 0 Å². The van der Waals surface area contributed by atoms with Crippen LogP contribution in [0.2, 0.25) is 0 Å². The van der Waals surface area contributed by atoms with Gasteiger partial charge in [0.05, 0.1) is 5.92 Å². The smallest absolute Gasteiger partial charge is 0.224 e. The molecule has 4 nitrogen and oxygen atoms in total. The summed E-state index contributed by atoms with van der Waals surface area (Å²) < 4.78 is 1.08. The van der Waals surface area contributed by atoms with E-state index in [2.05, 4.69) is 49.7 Å². The van der Waals surface area contributed by atoms with Crippen molar-refractivity contribution in [1.29, 1.82) is 0 Å². The van der Waals surface area contributed by atoms with E-state index in [1.54, 1.807) is 7.05 Å². The quantitative estimate of drug-likeness (QED) is 0.883. The fourth-order valence-corrected chi connectivity index (χ4v) is 3.13. The van der Waals surface area contributed by atoms with E-state index in [9.17, 15) is 4.79 Å². The third kappa shape index (κ3) is 3.52. The van der Waals surface area contributed by atoms with Gasteiger partial charge < -0.3 is 15.5 Å². The van der Waals surface area contributed by atoms with Gasteiger partial charge in [0.15, 0.2) is 0 Å². The average Bonchev–Trinajstić information content (AvgIpc) is 2.48. The molecule has 0 bridgehead atoms. The van der Waals surface area contributed by atoms with Gasteiger partial charge in [0.2, 0.25) is 5.91 Å². The van der Waals surface area contributed by atoms with E-state index >= 15 is 0 Å². The van der Waals surface area contributed by atoms with Crippen LogP contribution in [-0.2, 0) is 11.3 Å². The lowest BCUT2D eigenvalue weighted by Crippen LogP contribution is -2.42. The molecule has 1 aliphatic heterocycles. The van der Waals surface area contributed by atoms with Crippen molar-refractivity contribution in [2.75, 3.05) is 32.1 Å². The summed E-state index contributed by atoms with van der Waals surface area (Å²) in [5, 5.41) is 5.98. The maximum Gasteiger partial charge on any atom is 0.224 e. The molecule has 110 valence electrons. The van der Waals surface area contributed by atoms with Crippen molar-refractivity contribution in [3.05, 3.63) is 28.2 Å². The zero-order valence-electron chi connectivity index (χ0n) is 12.1. The molecule has 1 atom stereocenters. The number of rotatable bonds is 4. The second kappa shape index (κ2) is 7.09. The van der Waals surface area contributed by atoms with Crippen LogP contribution in [-0.4, -0.2) is 33.1 Å². The molecule has 2 N–H and O–H groups in total. The molecule has 0 spiro atoms. The highest BCUT2D eigenvalue weighted by atomic mass is 79.9. The van der Waals surface area contributed by atoms with Crippen LogP contribution < -0.4 is 15.5 Å². The molecule has 1 amide bonds. The lowest BCUT2D eigenvalue weighted by Gasteiger charge is -2.35. The van der Waals surface area contributed by atoms with Gasteiger partial charge in [-0.05, 0) is 37.6 Å². The Balaban J connectivity index is 2.21. The topological polar surface area (TPSA) is 44.4 Å². The molecule has 1 aliphatic rings. The van der Waals surface area contributed by atoms with Gasteiger partial charge in [-0.2, -0.15) is 0 Å². The maximum absolute atomic E-state index is 11.9. The van der Waals surface area contributed by atoms with E-state index in [1.165, 1.54) is 11.3 Å². The zero-order chi connectivity index (χ0) is 14.5. The molecule has 1 saturated heterocycles. The summed E-state index contributed by atoms with van der Waals surface area (Å²) in [6.07, 6.45) is 2.04. The van der Waals surface area contributed by atoms with Crippen LogP contribution in [0.5, 0.6) is 0 Å². The number of hydrogen-bond acceptors (Lipinski definition) is 3. The number of hydrogen-bond donors (Lipinski definition) is 2. The first-order valence-corrected chi connectivity index (χ1v) is 7.84. The first-order valence-electron chi connectivity index (χ1n) is 7.05.